The summed E-state index contributed by atoms with van der Waals surface area (Å²) < 4.78 is 0. The van der Waals surface area contributed by atoms with Gasteiger partial charge in [0.2, 0.25) is 17.7 Å². The van der Waals surface area contributed by atoms with Gasteiger partial charge in [0.1, 0.15) is 12.1 Å². The number of guanidine groups is 1. The molecule has 2 aromatic rings. The van der Waals surface area contributed by atoms with Gasteiger partial charge in [-0.2, -0.15) is 0 Å². The van der Waals surface area contributed by atoms with Gasteiger partial charge in [-0.25, -0.2) is 4.79 Å². The first-order chi connectivity index (χ1) is 19.6. The molecule has 13 N–H and O–H groups in total. The highest BCUT2D eigenvalue weighted by atomic mass is 16.4. The van der Waals surface area contributed by atoms with E-state index in [0.717, 1.165) is 16.5 Å². The maximum atomic E-state index is 13.1. The van der Waals surface area contributed by atoms with Gasteiger partial charge in [0.25, 0.3) is 0 Å². The van der Waals surface area contributed by atoms with Gasteiger partial charge >= 0.3 is 5.97 Å². The summed E-state index contributed by atoms with van der Waals surface area (Å²) in [6.45, 7) is 0.997. The second-order valence-electron chi connectivity index (χ2n) is 9.85. The summed E-state index contributed by atoms with van der Waals surface area (Å²) in [7, 11) is 0. The van der Waals surface area contributed by atoms with Gasteiger partial charge in [-0.3, -0.25) is 19.8 Å². The Labute approximate surface area is 239 Å². The smallest absolute Gasteiger partial charge is 0.326 e. The molecule has 41 heavy (non-hydrogen) atoms. The first-order valence-electron chi connectivity index (χ1n) is 13.8. The van der Waals surface area contributed by atoms with E-state index in [-0.39, 0.29) is 31.8 Å². The number of carbonyl (C=O) groups excluding carboxylic acids is 3. The molecule has 14 heteroatoms. The van der Waals surface area contributed by atoms with E-state index < -0.39 is 41.8 Å². The quantitative estimate of drug-likeness (QED) is 0.0583. The zero-order chi connectivity index (χ0) is 30.2. The minimum absolute atomic E-state index is 0.0274. The Kier molecular flexibility index (Phi) is 14.1. The molecule has 0 saturated carbocycles. The van der Waals surface area contributed by atoms with Crippen molar-refractivity contribution in [2.24, 2.45) is 17.2 Å². The Bertz CT molecular complexity index is 1170. The Balaban J connectivity index is 1.94. The fourth-order valence-corrected chi connectivity index (χ4v) is 4.28. The van der Waals surface area contributed by atoms with Gasteiger partial charge in [0.15, 0.2) is 5.96 Å². The highest BCUT2D eigenvalue weighted by Crippen LogP contribution is 2.19. The lowest BCUT2D eigenvalue weighted by Gasteiger charge is -2.21. The molecule has 0 saturated heterocycles. The number of carboxylic acids is 1. The fourth-order valence-electron chi connectivity index (χ4n) is 4.28. The van der Waals surface area contributed by atoms with Crippen molar-refractivity contribution in [3.8, 4) is 0 Å². The van der Waals surface area contributed by atoms with E-state index in [4.69, 9.17) is 22.6 Å². The standard InChI is InChI=1S/C27H43N9O5/c28-12-4-3-10-21(26(40)41)35-23(37)11-6-13-32-25(39)22(15-17-16-34-20-9-2-1-7-18(17)20)36-24(38)19(29)8-5-14-33-27(30)31/h1-2,7,9,16,19,21-22,34H,3-6,8,10-15,28-29H2,(H,32,39)(H,35,37)(H,36,38)(H,40,41)(H4,30,31,33)/t19-,21-,22-/m0/s1. The van der Waals surface area contributed by atoms with Gasteiger partial charge in [-0.15, -0.1) is 0 Å². The van der Waals surface area contributed by atoms with Gasteiger partial charge in [-0.05, 0) is 56.7 Å². The Hall–Kier alpha value is -4.17. The van der Waals surface area contributed by atoms with Crippen molar-refractivity contribution in [2.45, 2.75) is 69.5 Å². The molecule has 3 atom stereocenters. The van der Waals surface area contributed by atoms with E-state index in [1.54, 1.807) is 6.20 Å². The summed E-state index contributed by atoms with van der Waals surface area (Å²) in [5, 5.41) is 28.1. The van der Waals surface area contributed by atoms with Crippen LogP contribution in [0.2, 0.25) is 0 Å². The molecular formula is C27H43N9O5. The van der Waals surface area contributed by atoms with Crippen molar-refractivity contribution >= 4 is 40.6 Å². The molecule has 2 rings (SSSR count). The molecule has 0 fully saturated rings. The molecule has 226 valence electrons. The number of carbonyl (C=O) groups is 4. The largest absolute Gasteiger partial charge is 0.480 e. The molecule has 1 aromatic heterocycles. The summed E-state index contributed by atoms with van der Waals surface area (Å²) in [4.78, 5) is 52.8. The van der Waals surface area contributed by atoms with Crippen molar-refractivity contribution in [2.75, 3.05) is 19.6 Å². The Morgan fingerprint density at radius 1 is 0.927 bits per heavy atom. The molecule has 0 aliphatic carbocycles. The van der Waals surface area contributed by atoms with Crippen molar-refractivity contribution in [1.29, 1.82) is 5.41 Å². The number of aliphatic carboxylic acids is 1. The lowest BCUT2D eigenvalue weighted by Crippen LogP contribution is -2.52. The molecule has 1 heterocycles. The summed E-state index contributed by atoms with van der Waals surface area (Å²) in [6.07, 6.45) is 4.70. The Morgan fingerprint density at radius 2 is 1.66 bits per heavy atom. The molecule has 0 aliphatic rings. The summed E-state index contributed by atoms with van der Waals surface area (Å²) in [5.41, 5.74) is 18.5. The number of aromatic amines is 1. The lowest BCUT2D eigenvalue weighted by molar-refractivity contribution is -0.142. The van der Waals surface area contributed by atoms with Crippen LogP contribution >= 0.6 is 0 Å². The zero-order valence-corrected chi connectivity index (χ0v) is 23.2. The van der Waals surface area contributed by atoms with E-state index in [1.807, 2.05) is 24.3 Å². The maximum Gasteiger partial charge on any atom is 0.326 e. The lowest BCUT2D eigenvalue weighted by atomic mass is 10.0. The third-order valence-electron chi connectivity index (χ3n) is 6.54. The van der Waals surface area contributed by atoms with Crippen LogP contribution in [-0.2, 0) is 25.6 Å². The highest BCUT2D eigenvalue weighted by molar-refractivity contribution is 5.91. The molecule has 14 nitrogen and oxygen atoms in total. The second-order valence-corrected chi connectivity index (χ2v) is 9.85. The van der Waals surface area contributed by atoms with Gasteiger partial charge in [-0.1, -0.05) is 18.2 Å². The van der Waals surface area contributed by atoms with Crippen molar-refractivity contribution in [1.82, 2.24) is 26.3 Å². The van der Waals surface area contributed by atoms with E-state index >= 15 is 0 Å². The number of hydrogen-bond acceptors (Lipinski definition) is 7. The average Bonchev–Trinajstić information content (AvgIpc) is 3.34. The number of hydrogen-bond donors (Lipinski definition) is 10. The molecule has 3 amide bonds. The molecule has 0 radical (unpaired) electrons. The van der Waals surface area contributed by atoms with Crippen LogP contribution in [0.15, 0.2) is 30.5 Å². The predicted molar refractivity (Wildman–Crippen MR) is 156 cm³/mol. The number of benzene rings is 1. The third-order valence-corrected chi connectivity index (χ3v) is 6.54. The molecule has 0 aliphatic heterocycles. The van der Waals surface area contributed by atoms with Crippen molar-refractivity contribution < 1.29 is 24.3 Å². The number of rotatable bonds is 19. The summed E-state index contributed by atoms with van der Waals surface area (Å²) in [5.74, 6) is -2.61. The predicted octanol–water partition coefficient (Wildman–Crippen LogP) is -0.619. The molecule has 0 unspecified atom stereocenters. The second kappa shape index (κ2) is 17.5. The number of nitrogens with two attached hydrogens (primary N) is 3. The van der Waals surface area contributed by atoms with Crippen LogP contribution in [0.25, 0.3) is 10.9 Å². The third kappa shape index (κ3) is 11.8. The topological polar surface area (TPSA) is 254 Å². The molecule has 0 spiro atoms. The van der Waals surface area contributed by atoms with E-state index in [0.29, 0.717) is 45.2 Å². The van der Waals surface area contributed by atoms with Gasteiger partial charge in [0, 0.05) is 43.0 Å². The number of para-hydroxylation sites is 1. The highest BCUT2D eigenvalue weighted by Gasteiger charge is 2.25. The SMILES string of the molecule is N=C(N)NCCC[C@H](N)C(=O)N[C@@H](Cc1c[nH]c2ccccc12)C(=O)NCCCC(=O)N[C@@H](CCCCN)C(=O)O. The van der Waals surface area contributed by atoms with Crippen LogP contribution in [0.4, 0.5) is 0 Å². The summed E-state index contributed by atoms with van der Waals surface area (Å²) >= 11 is 0. The molecule has 0 bridgehead atoms. The number of H-pyrrole nitrogens is 1. The minimum atomic E-state index is -1.10. The molecular weight excluding hydrogens is 530 g/mol. The van der Waals surface area contributed by atoms with Gasteiger partial charge in [0.05, 0.1) is 6.04 Å². The number of fused-ring (bicyclic) bond motifs is 1. The first-order valence-corrected chi connectivity index (χ1v) is 13.8. The van der Waals surface area contributed by atoms with Crippen LogP contribution in [0.5, 0.6) is 0 Å². The number of unbranched alkanes of at least 4 members (excludes halogenated alkanes) is 1. The van der Waals surface area contributed by atoms with E-state index in [1.165, 1.54) is 0 Å². The monoisotopic (exact) mass is 573 g/mol. The average molecular weight is 574 g/mol. The maximum absolute atomic E-state index is 13.1. The number of amides is 3. The van der Waals surface area contributed by atoms with Crippen LogP contribution in [0, 0.1) is 5.41 Å². The summed E-state index contributed by atoms with van der Waals surface area (Å²) in [6, 6.07) is 4.84. The van der Waals surface area contributed by atoms with Gasteiger partial charge < -0.3 is 48.6 Å². The van der Waals surface area contributed by atoms with Crippen molar-refractivity contribution in [3.63, 3.8) is 0 Å². The van der Waals surface area contributed by atoms with Crippen LogP contribution in [0.3, 0.4) is 0 Å². The van der Waals surface area contributed by atoms with E-state index in [2.05, 4.69) is 26.3 Å². The minimum Gasteiger partial charge on any atom is -0.480 e. The van der Waals surface area contributed by atoms with Crippen LogP contribution in [-0.4, -0.2) is 77.5 Å². The number of nitrogens with one attached hydrogen (secondary N) is 6. The first kappa shape index (κ1) is 33.0. The zero-order valence-electron chi connectivity index (χ0n) is 23.2. The molecule has 1 aromatic carbocycles. The van der Waals surface area contributed by atoms with E-state index in [9.17, 15) is 24.3 Å². The number of carboxylic acid groups (broad SMARTS) is 1. The van der Waals surface area contributed by atoms with Crippen molar-refractivity contribution in [3.05, 3.63) is 36.0 Å². The Morgan fingerprint density at radius 3 is 2.37 bits per heavy atom. The number of aromatic nitrogens is 1. The van der Waals surface area contributed by atoms with Crippen LogP contribution in [0.1, 0.15) is 50.5 Å². The van der Waals surface area contributed by atoms with Crippen LogP contribution < -0.4 is 38.5 Å². The normalized spacial score (nSPS) is 13.1. The fraction of sp³-hybridized carbons (Fsp3) is 0.519.